The van der Waals surface area contributed by atoms with Crippen LogP contribution in [0, 0.1) is 12.3 Å². The van der Waals surface area contributed by atoms with E-state index in [1.807, 2.05) is 61.5 Å². The van der Waals surface area contributed by atoms with Crippen LogP contribution in [0.1, 0.15) is 46.5 Å². The van der Waals surface area contributed by atoms with Crippen molar-refractivity contribution in [2.24, 2.45) is 5.41 Å². The Kier molecular flexibility index (Phi) is 6.35. The van der Waals surface area contributed by atoms with Crippen molar-refractivity contribution >= 4 is 23.3 Å². The lowest BCUT2D eigenvalue weighted by atomic mass is 9.85. The average molecular weight is 415 g/mol. The van der Waals surface area contributed by atoms with E-state index >= 15 is 0 Å². The molecule has 0 aromatic heterocycles. The van der Waals surface area contributed by atoms with Crippen LogP contribution in [0.3, 0.4) is 0 Å². The number of amides is 1. The van der Waals surface area contributed by atoms with E-state index in [9.17, 15) is 19.5 Å². The Morgan fingerprint density at radius 1 is 0.839 bits per heavy atom. The number of hydrogen-bond acceptors (Lipinski definition) is 3. The van der Waals surface area contributed by atoms with Gasteiger partial charge in [0, 0.05) is 23.2 Å². The van der Waals surface area contributed by atoms with Crippen LogP contribution in [0.2, 0.25) is 0 Å². The number of aliphatic carboxylic acids is 1. The molecule has 0 radical (unpaired) electrons. The van der Waals surface area contributed by atoms with Gasteiger partial charge in [0.15, 0.2) is 5.78 Å². The number of carbonyl (C=O) groups is 3. The number of nitrogens with one attached hydrogen (secondary N) is 1. The molecule has 2 N–H and O–H groups in total. The van der Waals surface area contributed by atoms with Crippen molar-refractivity contribution in [2.75, 3.05) is 5.32 Å². The highest BCUT2D eigenvalue weighted by atomic mass is 16.4. The largest absolute Gasteiger partial charge is 0.481 e. The lowest BCUT2D eigenvalue weighted by Gasteiger charge is -2.17. The van der Waals surface area contributed by atoms with Crippen LogP contribution in [0.5, 0.6) is 0 Å². The Bertz CT molecular complexity index is 1110. The minimum Gasteiger partial charge on any atom is -0.481 e. The van der Waals surface area contributed by atoms with Crippen LogP contribution in [0.4, 0.5) is 5.69 Å². The zero-order chi connectivity index (χ0) is 22.6. The molecule has 5 heteroatoms. The lowest BCUT2D eigenvalue weighted by Crippen LogP contribution is -2.26. The predicted molar refractivity (Wildman–Crippen MR) is 121 cm³/mol. The predicted octanol–water partition coefficient (Wildman–Crippen LogP) is 5.60. The summed E-state index contributed by atoms with van der Waals surface area (Å²) >= 11 is 0. The molecule has 3 rings (SSSR count). The summed E-state index contributed by atoms with van der Waals surface area (Å²) in [5.41, 5.74) is 3.49. The maximum atomic E-state index is 12.5. The number of rotatable bonds is 7. The summed E-state index contributed by atoms with van der Waals surface area (Å²) in [5.74, 6) is -1.35. The van der Waals surface area contributed by atoms with Gasteiger partial charge in [0.05, 0.1) is 5.41 Å². The molecule has 0 aliphatic carbocycles. The monoisotopic (exact) mass is 415 g/mol. The van der Waals surface area contributed by atoms with Crippen molar-refractivity contribution in [1.29, 1.82) is 0 Å². The first kappa shape index (κ1) is 22.0. The fourth-order valence-electron chi connectivity index (χ4n) is 3.20. The van der Waals surface area contributed by atoms with Gasteiger partial charge in [-0.15, -0.1) is 0 Å². The summed E-state index contributed by atoms with van der Waals surface area (Å²) in [6.07, 6.45) is -0.0586. The second-order valence-corrected chi connectivity index (χ2v) is 8.21. The summed E-state index contributed by atoms with van der Waals surface area (Å²) in [6.45, 7) is 4.98. The SMILES string of the molecule is Cc1ccccc1C(=O)Nc1ccc(-c2ccc(C(=O)CC(C)(C)C(=O)O)cc2)cc1. The molecule has 1 amide bonds. The van der Waals surface area contributed by atoms with E-state index in [-0.39, 0.29) is 18.1 Å². The molecule has 3 aromatic carbocycles. The second kappa shape index (κ2) is 8.96. The molecule has 5 nitrogen and oxygen atoms in total. The summed E-state index contributed by atoms with van der Waals surface area (Å²) in [4.78, 5) is 36.1. The van der Waals surface area contributed by atoms with Gasteiger partial charge in [-0.05, 0) is 55.7 Å². The van der Waals surface area contributed by atoms with Crippen molar-refractivity contribution < 1.29 is 19.5 Å². The van der Waals surface area contributed by atoms with Crippen LogP contribution in [-0.4, -0.2) is 22.8 Å². The molecule has 0 aliphatic rings. The highest BCUT2D eigenvalue weighted by Crippen LogP contribution is 2.26. The number of carboxylic acids is 1. The molecule has 0 spiro atoms. The third kappa shape index (κ3) is 5.25. The number of anilines is 1. The first-order valence-electron chi connectivity index (χ1n) is 10.0. The topological polar surface area (TPSA) is 83.5 Å². The van der Waals surface area contributed by atoms with E-state index in [4.69, 9.17) is 0 Å². The number of carbonyl (C=O) groups excluding carboxylic acids is 2. The molecule has 3 aromatic rings. The third-order valence-electron chi connectivity index (χ3n) is 5.25. The number of carboxylic acid groups (broad SMARTS) is 1. The quantitative estimate of drug-likeness (QED) is 0.492. The van der Waals surface area contributed by atoms with Gasteiger partial charge in [0.1, 0.15) is 0 Å². The smallest absolute Gasteiger partial charge is 0.309 e. The van der Waals surface area contributed by atoms with Crippen molar-refractivity contribution in [3.8, 4) is 11.1 Å². The van der Waals surface area contributed by atoms with Gasteiger partial charge < -0.3 is 10.4 Å². The zero-order valence-corrected chi connectivity index (χ0v) is 17.8. The fourth-order valence-corrected chi connectivity index (χ4v) is 3.20. The van der Waals surface area contributed by atoms with Gasteiger partial charge in [-0.2, -0.15) is 0 Å². The Morgan fingerprint density at radius 3 is 1.94 bits per heavy atom. The maximum absolute atomic E-state index is 12.5. The maximum Gasteiger partial charge on any atom is 0.309 e. The normalized spacial score (nSPS) is 11.1. The van der Waals surface area contributed by atoms with Crippen LogP contribution < -0.4 is 5.32 Å². The zero-order valence-electron chi connectivity index (χ0n) is 17.8. The van der Waals surface area contributed by atoms with Crippen LogP contribution in [-0.2, 0) is 4.79 Å². The molecule has 158 valence electrons. The summed E-state index contributed by atoms with van der Waals surface area (Å²) < 4.78 is 0. The molecule has 0 saturated heterocycles. The minimum atomic E-state index is -1.10. The molecule has 0 heterocycles. The van der Waals surface area contributed by atoms with Crippen molar-refractivity contribution in [3.05, 3.63) is 89.5 Å². The van der Waals surface area contributed by atoms with Gasteiger partial charge in [-0.25, -0.2) is 0 Å². The van der Waals surface area contributed by atoms with Gasteiger partial charge in [-0.1, -0.05) is 54.6 Å². The number of aryl methyl sites for hydroxylation is 1. The van der Waals surface area contributed by atoms with E-state index in [1.54, 1.807) is 32.0 Å². The molecular weight excluding hydrogens is 390 g/mol. The highest BCUT2D eigenvalue weighted by molar-refractivity contribution is 6.05. The molecule has 0 atom stereocenters. The van der Waals surface area contributed by atoms with Crippen LogP contribution >= 0.6 is 0 Å². The van der Waals surface area contributed by atoms with E-state index < -0.39 is 11.4 Å². The van der Waals surface area contributed by atoms with Crippen molar-refractivity contribution in [3.63, 3.8) is 0 Å². The van der Waals surface area contributed by atoms with Crippen LogP contribution in [0.15, 0.2) is 72.8 Å². The van der Waals surface area contributed by atoms with E-state index in [0.29, 0.717) is 16.8 Å². The van der Waals surface area contributed by atoms with Crippen molar-refractivity contribution in [1.82, 2.24) is 0 Å². The molecule has 0 fully saturated rings. The number of hydrogen-bond donors (Lipinski definition) is 2. The average Bonchev–Trinajstić information content (AvgIpc) is 2.74. The van der Waals surface area contributed by atoms with Crippen LogP contribution in [0.25, 0.3) is 11.1 Å². The number of Topliss-reactive ketones (excluding diaryl/α,β-unsaturated/α-hetero) is 1. The van der Waals surface area contributed by atoms with Gasteiger partial charge in [-0.3, -0.25) is 14.4 Å². The molecule has 0 aliphatic heterocycles. The number of benzene rings is 3. The molecule has 0 bridgehead atoms. The van der Waals surface area contributed by atoms with E-state index in [1.165, 1.54) is 0 Å². The molecular formula is C26H25NO4. The van der Waals surface area contributed by atoms with Gasteiger partial charge in [0.2, 0.25) is 0 Å². The Hall–Kier alpha value is -3.73. The van der Waals surface area contributed by atoms with Crippen molar-refractivity contribution in [2.45, 2.75) is 27.2 Å². The summed E-state index contributed by atoms with van der Waals surface area (Å²) in [7, 11) is 0. The lowest BCUT2D eigenvalue weighted by molar-refractivity contribution is -0.146. The van der Waals surface area contributed by atoms with E-state index in [0.717, 1.165) is 16.7 Å². The minimum absolute atomic E-state index is 0.0586. The van der Waals surface area contributed by atoms with Gasteiger partial charge in [0.25, 0.3) is 5.91 Å². The summed E-state index contributed by atoms with van der Waals surface area (Å²) in [5, 5.41) is 12.1. The van der Waals surface area contributed by atoms with Gasteiger partial charge >= 0.3 is 5.97 Å². The highest BCUT2D eigenvalue weighted by Gasteiger charge is 2.30. The molecule has 0 unspecified atom stereocenters. The molecule has 0 saturated carbocycles. The first-order chi connectivity index (χ1) is 14.7. The number of ketones is 1. The Balaban J connectivity index is 1.69. The second-order valence-electron chi connectivity index (χ2n) is 8.21. The fraction of sp³-hybridized carbons (Fsp3) is 0.192. The Labute approximate surface area is 181 Å². The summed E-state index contributed by atoms with van der Waals surface area (Å²) in [6, 6.07) is 22.0. The first-order valence-corrected chi connectivity index (χ1v) is 10.0. The molecule has 31 heavy (non-hydrogen) atoms. The standard InChI is InChI=1S/C26H25NO4/c1-17-6-4-5-7-22(17)24(29)27-21-14-12-19(13-15-21)18-8-10-20(11-9-18)23(28)16-26(2,3)25(30)31/h4-15H,16H2,1-3H3,(H,27,29)(H,30,31). The van der Waals surface area contributed by atoms with E-state index in [2.05, 4.69) is 5.32 Å². The third-order valence-corrected chi connectivity index (χ3v) is 5.25. The Morgan fingerprint density at radius 2 is 1.39 bits per heavy atom.